The third kappa shape index (κ3) is 16.9. The number of aryl methyl sites for hydroxylation is 2. The number of imidazole rings is 1. The van der Waals surface area contributed by atoms with Crippen molar-refractivity contribution in [2.45, 2.75) is 162 Å². The van der Waals surface area contributed by atoms with Gasteiger partial charge in [-0.15, -0.1) is 0 Å². The zero-order valence-electron chi connectivity index (χ0n) is 21.5. The van der Waals surface area contributed by atoms with Gasteiger partial charge in [0.25, 0.3) is 5.82 Å². The molecule has 0 saturated heterocycles. The normalized spacial score (nSPS) is 11.1. The van der Waals surface area contributed by atoms with Crippen molar-refractivity contribution >= 4 is 0 Å². The maximum atomic E-state index is 2.47. The Hall–Kier alpha value is -0.310. The van der Waals surface area contributed by atoms with Crippen molar-refractivity contribution in [3.63, 3.8) is 0 Å². The van der Waals surface area contributed by atoms with Crippen LogP contribution in [0.1, 0.15) is 148 Å². The fraction of sp³-hybridized carbons (Fsp3) is 0.893. The molecule has 184 valence electrons. The Labute approximate surface area is 206 Å². The summed E-state index contributed by atoms with van der Waals surface area (Å²) in [6.45, 7) is 9.30. The van der Waals surface area contributed by atoms with Crippen molar-refractivity contribution in [1.82, 2.24) is 4.57 Å². The van der Waals surface area contributed by atoms with Gasteiger partial charge >= 0.3 is 0 Å². The topological polar surface area (TPSA) is 8.81 Å². The number of nitrogens with zero attached hydrogens (tertiary/aromatic N) is 2. The Morgan fingerprint density at radius 3 is 1.42 bits per heavy atom. The molecule has 0 aliphatic heterocycles. The summed E-state index contributed by atoms with van der Waals surface area (Å²) in [4.78, 5) is 0. The predicted octanol–water partition coefficient (Wildman–Crippen LogP) is 5.93. The fourth-order valence-corrected chi connectivity index (χ4v) is 4.55. The molecule has 1 rings (SSSR count). The van der Waals surface area contributed by atoms with Crippen LogP contribution < -0.4 is 21.5 Å². The van der Waals surface area contributed by atoms with Crippen LogP contribution in [-0.4, -0.2) is 4.57 Å². The number of hydrogen-bond acceptors (Lipinski definition) is 0. The molecule has 0 N–H and O–H groups in total. The lowest BCUT2D eigenvalue weighted by Crippen LogP contribution is -3.00. The quantitative estimate of drug-likeness (QED) is 0.138. The number of aromatic nitrogens is 2. The lowest BCUT2D eigenvalue weighted by Gasteiger charge is -2.04. The Bertz CT molecular complexity index is 442. The van der Waals surface area contributed by atoms with Gasteiger partial charge in [-0.2, -0.15) is 0 Å². The van der Waals surface area contributed by atoms with Crippen LogP contribution in [0.5, 0.6) is 0 Å². The van der Waals surface area contributed by atoms with E-state index in [1.165, 1.54) is 147 Å². The minimum Gasteiger partial charge on any atom is -1.00 e. The second kappa shape index (κ2) is 22.9. The first kappa shape index (κ1) is 30.7. The average Bonchev–Trinajstić information content (AvgIpc) is 3.10. The van der Waals surface area contributed by atoms with E-state index >= 15 is 0 Å². The van der Waals surface area contributed by atoms with Crippen molar-refractivity contribution in [3.8, 4) is 0 Å². The molecule has 0 amide bonds. The van der Waals surface area contributed by atoms with Gasteiger partial charge in [0.1, 0.15) is 12.4 Å². The molecule has 0 atom stereocenters. The molecular formula is C28H55BrN2. The molecule has 0 bridgehead atoms. The molecule has 0 unspecified atom stereocenters. The van der Waals surface area contributed by atoms with Gasteiger partial charge in [-0.3, -0.25) is 0 Å². The van der Waals surface area contributed by atoms with Crippen LogP contribution in [0, 0.1) is 6.92 Å². The highest BCUT2D eigenvalue weighted by Gasteiger charge is 2.11. The van der Waals surface area contributed by atoms with Crippen molar-refractivity contribution in [2.75, 3.05) is 0 Å². The van der Waals surface area contributed by atoms with E-state index in [2.05, 4.69) is 42.3 Å². The van der Waals surface area contributed by atoms with Crippen molar-refractivity contribution in [1.29, 1.82) is 0 Å². The number of halogens is 1. The monoisotopic (exact) mass is 498 g/mol. The molecule has 0 aromatic carbocycles. The maximum Gasteiger partial charge on any atom is 0.253 e. The molecule has 0 aliphatic carbocycles. The molecule has 0 aliphatic rings. The molecule has 31 heavy (non-hydrogen) atoms. The minimum absolute atomic E-state index is 0. The minimum atomic E-state index is 0. The fourth-order valence-electron chi connectivity index (χ4n) is 4.55. The van der Waals surface area contributed by atoms with Crippen LogP contribution in [0.3, 0.4) is 0 Å². The van der Waals surface area contributed by atoms with Crippen LogP contribution >= 0.6 is 0 Å². The van der Waals surface area contributed by atoms with Crippen molar-refractivity contribution < 1.29 is 21.5 Å². The summed E-state index contributed by atoms with van der Waals surface area (Å²) in [6, 6.07) is 0. The van der Waals surface area contributed by atoms with Crippen LogP contribution in [0.15, 0.2) is 12.4 Å². The van der Waals surface area contributed by atoms with Gasteiger partial charge in [0, 0.05) is 6.92 Å². The molecular weight excluding hydrogens is 444 g/mol. The summed E-state index contributed by atoms with van der Waals surface area (Å²) in [5.74, 6) is 1.45. The third-order valence-corrected chi connectivity index (χ3v) is 6.76. The molecule has 0 radical (unpaired) electrons. The largest absolute Gasteiger partial charge is 1.00 e. The predicted molar refractivity (Wildman–Crippen MR) is 133 cm³/mol. The SMILES string of the molecule is CCCCCCCCCCCCn1cc[n+](CCCCCCCCCCCC)c1C.[Br-]. The number of unbranched alkanes of at least 4 members (excludes halogenated alkanes) is 18. The van der Waals surface area contributed by atoms with Gasteiger partial charge in [0.2, 0.25) is 0 Å². The van der Waals surface area contributed by atoms with Crippen LogP contribution in [-0.2, 0) is 13.1 Å². The lowest BCUT2D eigenvalue weighted by atomic mass is 10.1. The summed E-state index contributed by atoms with van der Waals surface area (Å²) >= 11 is 0. The zero-order chi connectivity index (χ0) is 21.7. The molecule has 1 aromatic rings. The van der Waals surface area contributed by atoms with E-state index < -0.39 is 0 Å². The smallest absolute Gasteiger partial charge is 0.253 e. The summed E-state index contributed by atoms with van der Waals surface area (Å²) in [6.07, 6.45) is 33.0. The number of hydrogen-bond donors (Lipinski definition) is 0. The lowest BCUT2D eigenvalue weighted by molar-refractivity contribution is -0.702. The molecule has 0 fully saturated rings. The van der Waals surface area contributed by atoms with E-state index in [-0.39, 0.29) is 17.0 Å². The first-order valence-electron chi connectivity index (χ1n) is 13.8. The standard InChI is InChI=1S/C28H55N2.BrH/c1-4-6-8-10-12-14-16-18-20-22-24-29-26-27-30(28(29)3)25-23-21-19-17-15-13-11-9-7-5-2;/h26-27H,4-25H2,1-3H3;1H/q+1;/p-1. The average molecular weight is 500 g/mol. The Kier molecular flexibility index (Phi) is 22.6. The molecule has 1 heterocycles. The van der Waals surface area contributed by atoms with Gasteiger partial charge in [0.15, 0.2) is 0 Å². The highest BCUT2D eigenvalue weighted by Crippen LogP contribution is 2.12. The van der Waals surface area contributed by atoms with Crippen LogP contribution in [0.2, 0.25) is 0 Å². The number of rotatable bonds is 22. The highest BCUT2D eigenvalue weighted by molar-refractivity contribution is 4.79. The maximum absolute atomic E-state index is 2.47. The second-order valence-electron chi connectivity index (χ2n) is 9.60. The van der Waals surface area contributed by atoms with E-state index in [4.69, 9.17) is 0 Å². The van der Waals surface area contributed by atoms with Gasteiger partial charge in [-0.25, -0.2) is 9.13 Å². The molecule has 0 saturated carbocycles. The van der Waals surface area contributed by atoms with Crippen molar-refractivity contribution in [3.05, 3.63) is 18.2 Å². The van der Waals surface area contributed by atoms with E-state index in [1.807, 2.05) is 0 Å². The van der Waals surface area contributed by atoms with E-state index in [1.54, 1.807) is 0 Å². The van der Waals surface area contributed by atoms with Crippen LogP contribution in [0.25, 0.3) is 0 Å². The highest BCUT2D eigenvalue weighted by atomic mass is 79.9. The van der Waals surface area contributed by atoms with E-state index in [0.29, 0.717) is 0 Å². The molecule has 0 spiro atoms. The first-order valence-corrected chi connectivity index (χ1v) is 13.8. The summed E-state index contributed by atoms with van der Waals surface area (Å²) < 4.78 is 4.95. The Morgan fingerprint density at radius 1 is 0.581 bits per heavy atom. The van der Waals surface area contributed by atoms with Crippen LogP contribution in [0.4, 0.5) is 0 Å². The van der Waals surface area contributed by atoms with Crippen molar-refractivity contribution in [2.24, 2.45) is 0 Å². The van der Waals surface area contributed by atoms with E-state index in [0.717, 1.165) is 0 Å². The summed E-state index contributed by atoms with van der Waals surface area (Å²) in [7, 11) is 0. The first-order chi connectivity index (χ1) is 14.8. The second-order valence-corrected chi connectivity index (χ2v) is 9.60. The molecule has 3 heteroatoms. The third-order valence-electron chi connectivity index (χ3n) is 6.76. The summed E-state index contributed by atoms with van der Waals surface area (Å²) in [5.41, 5.74) is 0. The van der Waals surface area contributed by atoms with Gasteiger partial charge in [-0.1, -0.05) is 117 Å². The summed E-state index contributed by atoms with van der Waals surface area (Å²) in [5, 5.41) is 0. The van der Waals surface area contributed by atoms with Gasteiger partial charge in [0.05, 0.1) is 13.1 Å². The van der Waals surface area contributed by atoms with Gasteiger partial charge in [-0.05, 0) is 25.7 Å². The zero-order valence-corrected chi connectivity index (χ0v) is 23.1. The van der Waals surface area contributed by atoms with Gasteiger partial charge < -0.3 is 17.0 Å². The molecule has 1 aromatic heterocycles. The molecule has 2 nitrogen and oxygen atoms in total. The van der Waals surface area contributed by atoms with E-state index in [9.17, 15) is 0 Å². The Balaban J connectivity index is 0.00000900. The Morgan fingerprint density at radius 2 is 0.968 bits per heavy atom.